The minimum absolute atomic E-state index is 0.192. The average Bonchev–Trinajstić information content (AvgIpc) is 2.62. The van der Waals surface area contributed by atoms with Gasteiger partial charge >= 0.3 is 0 Å². The third-order valence-corrected chi connectivity index (χ3v) is 5.14. The lowest BCUT2D eigenvalue weighted by Crippen LogP contribution is -2.50. The number of carbonyl (C=O) groups is 1. The molecule has 0 saturated carbocycles. The number of anilines is 1. The summed E-state index contributed by atoms with van der Waals surface area (Å²) in [7, 11) is 0. The Bertz CT molecular complexity index is 515. The second-order valence-electron chi connectivity index (χ2n) is 7.00. The van der Waals surface area contributed by atoms with Crippen LogP contribution in [0.5, 0.6) is 0 Å². The fourth-order valence-electron chi connectivity index (χ4n) is 3.84. The number of hydrogen-bond donors (Lipinski definition) is 1. The Kier molecular flexibility index (Phi) is 6.04. The molecule has 0 aromatic carbocycles. The molecule has 132 valence electrons. The Hall–Kier alpha value is -1.66. The van der Waals surface area contributed by atoms with Crippen LogP contribution in [0.15, 0.2) is 24.4 Å². The van der Waals surface area contributed by atoms with Gasteiger partial charge in [-0.15, -0.1) is 0 Å². The second-order valence-corrected chi connectivity index (χ2v) is 7.00. The average molecular weight is 331 g/mol. The van der Waals surface area contributed by atoms with Gasteiger partial charge in [0, 0.05) is 58.4 Å². The number of rotatable bonds is 6. The SMILES string of the molecule is NC(=O)CCN1CCCC(CN2CCN(c3ccccn3)CC2)C1. The van der Waals surface area contributed by atoms with Gasteiger partial charge in [0.1, 0.15) is 5.82 Å². The lowest BCUT2D eigenvalue weighted by atomic mass is 9.97. The summed E-state index contributed by atoms with van der Waals surface area (Å²) in [6.45, 7) is 8.51. The van der Waals surface area contributed by atoms with Crippen molar-refractivity contribution in [3.8, 4) is 0 Å². The van der Waals surface area contributed by atoms with Gasteiger partial charge in [-0.05, 0) is 37.4 Å². The molecule has 3 rings (SSSR count). The molecule has 1 aromatic heterocycles. The summed E-state index contributed by atoms with van der Waals surface area (Å²) >= 11 is 0. The number of primary amides is 1. The zero-order chi connectivity index (χ0) is 16.8. The Morgan fingerprint density at radius 1 is 1.17 bits per heavy atom. The maximum absolute atomic E-state index is 11.0. The van der Waals surface area contributed by atoms with Crippen LogP contribution >= 0.6 is 0 Å². The van der Waals surface area contributed by atoms with E-state index < -0.39 is 0 Å². The van der Waals surface area contributed by atoms with E-state index in [0.717, 1.165) is 51.6 Å². The zero-order valence-electron chi connectivity index (χ0n) is 14.4. The molecule has 2 N–H and O–H groups in total. The van der Waals surface area contributed by atoms with E-state index in [1.807, 2.05) is 12.3 Å². The molecule has 2 aliphatic rings. The number of likely N-dealkylation sites (tertiary alicyclic amines) is 1. The summed E-state index contributed by atoms with van der Waals surface area (Å²) < 4.78 is 0. The van der Waals surface area contributed by atoms with Gasteiger partial charge in [0.2, 0.25) is 5.91 Å². The third kappa shape index (κ3) is 4.92. The smallest absolute Gasteiger partial charge is 0.218 e. The molecule has 24 heavy (non-hydrogen) atoms. The van der Waals surface area contributed by atoms with Crippen molar-refractivity contribution in [3.05, 3.63) is 24.4 Å². The predicted octanol–water partition coefficient (Wildman–Crippen LogP) is 0.791. The van der Waals surface area contributed by atoms with Crippen molar-refractivity contribution in [1.82, 2.24) is 14.8 Å². The fraction of sp³-hybridized carbons (Fsp3) is 0.667. The van der Waals surface area contributed by atoms with Crippen molar-refractivity contribution in [2.75, 3.05) is 57.3 Å². The van der Waals surface area contributed by atoms with Gasteiger partial charge in [0.25, 0.3) is 0 Å². The van der Waals surface area contributed by atoms with Crippen molar-refractivity contribution >= 4 is 11.7 Å². The quantitative estimate of drug-likeness (QED) is 0.835. The van der Waals surface area contributed by atoms with Gasteiger partial charge < -0.3 is 15.5 Å². The van der Waals surface area contributed by atoms with E-state index in [-0.39, 0.29) is 5.91 Å². The standard InChI is InChI=1S/C18H29N5O/c19-17(24)6-9-21-8-3-4-16(14-21)15-22-10-12-23(13-11-22)18-5-1-2-7-20-18/h1-2,5,7,16H,3-4,6,8-15H2,(H2,19,24). The Morgan fingerprint density at radius 2 is 2.00 bits per heavy atom. The number of amides is 1. The van der Waals surface area contributed by atoms with Crippen LogP contribution in [0, 0.1) is 5.92 Å². The first-order chi connectivity index (χ1) is 11.7. The van der Waals surface area contributed by atoms with E-state index in [9.17, 15) is 4.79 Å². The topological polar surface area (TPSA) is 65.7 Å². The fourth-order valence-corrected chi connectivity index (χ4v) is 3.84. The maximum atomic E-state index is 11.0. The van der Waals surface area contributed by atoms with Crippen molar-refractivity contribution in [1.29, 1.82) is 0 Å². The number of piperidine rings is 1. The number of carbonyl (C=O) groups excluding carboxylic acids is 1. The van der Waals surface area contributed by atoms with Crippen LogP contribution in [-0.4, -0.2) is 73.0 Å². The minimum atomic E-state index is -0.192. The summed E-state index contributed by atoms with van der Waals surface area (Å²) in [5, 5.41) is 0. The van der Waals surface area contributed by atoms with Gasteiger partial charge in [-0.3, -0.25) is 9.69 Å². The molecule has 0 spiro atoms. The van der Waals surface area contributed by atoms with Crippen LogP contribution < -0.4 is 10.6 Å². The van der Waals surface area contributed by atoms with Gasteiger partial charge in [-0.25, -0.2) is 4.98 Å². The number of nitrogens with zero attached hydrogens (tertiary/aromatic N) is 4. The van der Waals surface area contributed by atoms with E-state index in [1.54, 1.807) is 0 Å². The van der Waals surface area contributed by atoms with Gasteiger partial charge in [0.15, 0.2) is 0 Å². The molecule has 6 nitrogen and oxygen atoms in total. The van der Waals surface area contributed by atoms with Crippen LogP contribution in [0.3, 0.4) is 0 Å². The molecule has 1 atom stereocenters. The van der Waals surface area contributed by atoms with Gasteiger partial charge in [-0.1, -0.05) is 6.07 Å². The Morgan fingerprint density at radius 3 is 2.71 bits per heavy atom. The van der Waals surface area contributed by atoms with E-state index in [2.05, 4.69) is 31.8 Å². The van der Waals surface area contributed by atoms with Crippen LogP contribution in [0.1, 0.15) is 19.3 Å². The Balaban J connectivity index is 1.41. The van der Waals surface area contributed by atoms with Gasteiger partial charge in [0.05, 0.1) is 0 Å². The first kappa shape index (κ1) is 17.2. The van der Waals surface area contributed by atoms with E-state index in [1.165, 1.54) is 19.4 Å². The molecule has 6 heteroatoms. The summed E-state index contributed by atoms with van der Waals surface area (Å²) in [4.78, 5) is 22.8. The lowest BCUT2D eigenvalue weighted by molar-refractivity contribution is -0.118. The highest BCUT2D eigenvalue weighted by Gasteiger charge is 2.24. The van der Waals surface area contributed by atoms with Crippen molar-refractivity contribution < 1.29 is 4.79 Å². The maximum Gasteiger partial charge on any atom is 0.218 e. The van der Waals surface area contributed by atoms with Crippen molar-refractivity contribution in [2.45, 2.75) is 19.3 Å². The molecule has 1 amide bonds. The van der Waals surface area contributed by atoms with E-state index in [0.29, 0.717) is 12.3 Å². The van der Waals surface area contributed by atoms with Gasteiger partial charge in [-0.2, -0.15) is 0 Å². The molecule has 0 bridgehead atoms. The zero-order valence-corrected chi connectivity index (χ0v) is 14.4. The molecule has 2 saturated heterocycles. The highest BCUT2D eigenvalue weighted by molar-refractivity contribution is 5.73. The summed E-state index contributed by atoms with van der Waals surface area (Å²) in [6.07, 6.45) is 4.88. The van der Waals surface area contributed by atoms with Crippen LogP contribution in [0.4, 0.5) is 5.82 Å². The molecule has 0 aliphatic carbocycles. The number of hydrogen-bond acceptors (Lipinski definition) is 5. The lowest BCUT2D eigenvalue weighted by Gasteiger charge is -2.39. The number of nitrogens with two attached hydrogens (primary N) is 1. The van der Waals surface area contributed by atoms with E-state index in [4.69, 9.17) is 5.73 Å². The molecule has 3 heterocycles. The summed E-state index contributed by atoms with van der Waals surface area (Å²) in [5.74, 6) is 1.61. The molecule has 1 unspecified atom stereocenters. The largest absolute Gasteiger partial charge is 0.370 e. The van der Waals surface area contributed by atoms with Crippen LogP contribution in [-0.2, 0) is 4.79 Å². The Labute approximate surface area is 144 Å². The van der Waals surface area contributed by atoms with Crippen molar-refractivity contribution in [3.63, 3.8) is 0 Å². The molecule has 0 radical (unpaired) electrons. The molecule has 2 aliphatic heterocycles. The van der Waals surface area contributed by atoms with Crippen LogP contribution in [0.25, 0.3) is 0 Å². The number of piperazine rings is 1. The molecular weight excluding hydrogens is 302 g/mol. The number of aromatic nitrogens is 1. The molecule has 1 aromatic rings. The summed E-state index contributed by atoms with van der Waals surface area (Å²) in [6, 6.07) is 6.11. The van der Waals surface area contributed by atoms with E-state index >= 15 is 0 Å². The normalized spacial score (nSPS) is 23.3. The first-order valence-corrected chi connectivity index (χ1v) is 9.10. The number of pyridine rings is 1. The van der Waals surface area contributed by atoms with Crippen LogP contribution in [0.2, 0.25) is 0 Å². The molecular formula is C18H29N5O. The molecule has 2 fully saturated rings. The second kappa shape index (κ2) is 8.44. The first-order valence-electron chi connectivity index (χ1n) is 9.10. The minimum Gasteiger partial charge on any atom is -0.370 e. The predicted molar refractivity (Wildman–Crippen MR) is 95.9 cm³/mol. The monoisotopic (exact) mass is 331 g/mol. The highest BCUT2D eigenvalue weighted by Crippen LogP contribution is 2.19. The highest BCUT2D eigenvalue weighted by atomic mass is 16.1. The summed E-state index contributed by atoms with van der Waals surface area (Å²) in [5.41, 5.74) is 5.27. The third-order valence-electron chi connectivity index (χ3n) is 5.14. The van der Waals surface area contributed by atoms with Crippen molar-refractivity contribution in [2.24, 2.45) is 11.7 Å².